The Morgan fingerprint density at radius 3 is 2.65 bits per heavy atom. The van der Waals surface area contributed by atoms with E-state index in [9.17, 15) is 0 Å². The highest BCUT2D eigenvalue weighted by atomic mass is 14.9. The molecule has 2 aromatic carbocycles. The highest BCUT2D eigenvalue weighted by Gasteiger charge is 2.22. The predicted octanol–water partition coefficient (Wildman–Crippen LogP) is 4.90. The average molecular weight is 267 g/mol. The maximum absolute atomic E-state index is 3.80. The van der Waals surface area contributed by atoms with Gasteiger partial charge in [-0.15, -0.1) is 0 Å². The molecule has 3 rings (SSSR count). The Morgan fingerprint density at radius 2 is 1.80 bits per heavy atom. The van der Waals surface area contributed by atoms with E-state index in [1.54, 1.807) is 0 Å². The van der Waals surface area contributed by atoms with Crippen LogP contribution < -0.4 is 5.32 Å². The summed E-state index contributed by atoms with van der Waals surface area (Å²) in [6, 6.07) is 16.2. The number of fused-ring (bicyclic) bond motifs is 1. The lowest BCUT2D eigenvalue weighted by molar-refractivity contribution is 0.254. The van der Waals surface area contributed by atoms with Crippen LogP contribution >= 0.6 is 0 Å². The minimum absolute atomic E-state index is 0.722. The number of rotatable bonds is 4. The molecular weight excluding hydrogens is 242 g/mol. The monoisotopic (exact) mass is 267 g/mol. The second-order valence-corrected chi connectivity index (χ2v) is 6.12. The van der Waals surface area contributed by atoms with Crippen molar-refractivity contribution >= 4 is 10.8 Å². The summed E-state index contributed by atoms with van der Waals surface area (Å²) in [6.45, 7) is 3.34. The van der Waals surface area contributed by atoms with Gasteiger partial charge in [-0.05, 0) is 41.2 Å². The molecular formula is C19H25N. The Bertz CT molecular complexity index is 560. The lowest BCUT2D eigenvalue weighted by Crippen LogP contribution is -2.37. The van der Waals surface area contributed by atoms with Gasteiger partial charge in [0.05, 0.1) is 0 Å². The summed E-state index contributed by atoms with van der Waals surface area (Å²) in [6.07, 6.45) is 6.89. The fraction of sp³-hybridized carbons (Fsp3) is 0.474. The molecule has 1 nitrogen and oxygen atoms in total. The van der Waals surface area contributed by atoms with Gasteiger partial charge in [-0.3, -0.25) is 0 Å². The van der Waals surface area contributed by atoms with Crippen molar-refractivity contribution in [1.29, 1.82) is 0 Å². The summed E-state index contributed by atoms with van der Waals surface area (Å²) in [4.78, 5) is 0. The van der Waals surface area contributed by atoms with E-state index in [0.717, 1.165) is 18.5 Å². The first kappa shape index (κ1) is 13.6. The average Bonchev–Trinajstić information content (AvgIpc) is 2.53. The van der Waals surface area contributed by atoms with E-state index in [1.807, 2.05) is 0 Å². The number of hydrogen-bond acceptors (Lipinski definition) is 1. The number of benzene rings is 2. The molecule has 1 fully saturated rings. The topological polar surface area (TPSA) is 12.0 Å². The van der Waals surface area contributed by atoms with Gasteiger partial charge in [0.1, 0.15) is 0 Å². The first-order valence-electron chi connectivity index (χ1n) is 8.08. The van der Waals surface area contributed by atoms with Gasteiger partial charge in [-0.2, -0.15) is 0 Å². The van der Waals surface area contributed by atoms with E-state index in [0.29, 0.717) is 0 Å². The molecule has 20 heavy (non-hydrogen) atoms. The first-order valence-corrected chi connectivity index (χ1v) is 8.08. The molecule has 2 unspecified atom stereocenters. The molecule has 1 N–H and O–H groups in total. The largest absolute Gasteiger partial charge is 0.310 e. The predicted molar refractivity (Wildman–Crippen MR) is 86.8 cm³/mol. The van der Waals surface area contributed by atoms with Gasteiger partial charge >= 0.3 is 0 Å². The third-order valence-corrected chi connectivity index (χ3v) is 4.82. The zero-order valence-electron chi connectivity index (χ0n) is 12.4. The zero-order valence-corrected chi connectivity index (χ0v) is 12.4. The normalized spacial score (nSPS) is 23.1. The van der Waals surface area contributed by atoms with E-state index >= 15 is 0 Å². The lowest BCUT2D eigenvalue weighted by Gasteiger charge is -2.31. The van der Waals surface area contributed by atoms with Crippen LogP contribution in [-0.2, 0) is 6.54 Å². The molecule has 0 saturated heterocycles. The quantitative estimate of drug-likeness (QED) is 0.831. The van der Waals surface area contributed by atoms with Crippen LogP contribution in [0.2, 0.25) is 0 Å². The molecule has 1 saturated carbocycles. The van der Waals surface area contributed by atoms with Crippen LogP contribution in [0.5, 0.6) is 0 Å². The van der Waals surface area contributed by atoms with Gasteiger partial charge in [-0.25, -0.2) is 0 Å². The molecule has 0 aromatic heterocycles. The molecule has 1 heteroatoms. The second kappa shape index (κ2) is 6.41. The third-order valence-electron chi connectivity index (χ3n) is 4.82. The van der Waals surface area contributed by atoms with Crippen LogP contribution in [0.25, 0.3) is 10.8 Å². The van der Waals surface area contributed by atoms with Crippen molar-refractivity contribution in [3.8, 4) is 0 Å². The SMILES string of the molecule is CCC1CCCCC1NCc1ccc2ccccc2c1. The summed E-state index contributed by atoms with van der Waals surface area (Å²) >= 11 is 0. The Kier molecular flexibility index (Phi) is 4.37. The second-order valence-electron chi connectivity index (χ2n) is 6.12. The van der Waals surface area contributed by atoms with Crippen LogP contribution in [0.15, 0.2) is 42.5 Å². The van der Waals surface area contributed by atoms with E-state index < -0.39 is 0 Å². The van der Waals surface area contributed by atoms with Crippen LogP contribution in [0.1, 0.15) is 44.6 Å². The van der Waals surface area contributed by atoms with E-state index in [4.69, 9.17) is 0 Å². The zero-order chi connectivity index (χ0) is 13.8. The molecule has 1 aliphatic rings. The smallest absolute Gasteiger partial charge is 0.0208 e. The molecule has 2 aromatic rings. The maximum atomic E-state index is 3.80. The van der Waals surface area contributed by atoms with Gasteiger partial charge in [0.25, 0.3) is 0 Å². The van der Waals surface area contributed by atoms with Crippen LogP contribution in [-0.4, -0.2) is 6.04 Å². The number of nitrogens with one attached hydrogen (secondary N) is 1. The minimum Gasteiger partial charge on any atom is -0.310 e. The van der Waals surface area contributed by atoms with Crippen molar-refractivity contribution < 1.29 is 0 Å². The standard InChI is InChI=1S/C19H25N/c1-2-16-7-5-6-10-19(16)20-14-15-11-12-17-8-3-4-9-18(17)13-15/h3-4,8-9,11-13,16,19-20H,2,5-7,10,14H2,1H3. The number of hydrogen-bond donors (Lipinski definition) is 1. The van der Waals surface area contributed by atoms with Crippen molar-refractivity contribution in [2.24, 2.45) is 5.92 Å². The van der Waals surface area contributed by atoms with E-state index in [2.05, 4.69) is 54.7 Å². The Balaban J connectivity index is 1.67. The van der Waals surface area contributed by atoms with Crippen molar-refractivity contribution in [3.05, 3.63) is 48.0 Å². The van der Waals surface area contributed by atoms with Gasteiger partial charge in [0.15, 0.2) is 0 Å². The molecule has 106 valence electrons. The van der Waals surface area contributed by atoms with Gasteiger partial charge in [0.2, 0.25) is 0 Å². The summed E-state index contributed by atoms with van der Waals surface area (Å²) in [5.41, 5.74) is 1.41. The molecule has 0 bridgehead atoms. The van der Waals surface area contributed by atoms with Crippen molar-refractivity contribution in [3.63, 3.8) is 0 Å². The first-order chi connectivity index (χ1) is 9.86. The van der Waals surface area contributed by atoms with E-state index in [-0.39, 0.29) is 0 Å². The van der Waals surface area contributed by atoms with Gasteiger partial charge < -0.3 is 5.32 Å². The van der Waals surface area contributed by atoms with Crippen molar-refractivity contribution in [2.75, 3.05) is 0 Å². The summed E-state index contributed by atoms with van der Waals surface area (Å²) in [7, 11) is 0. The van der Waals surface area contributed by atoms with Crippen molar-refractivity contribution in [1.82, 2.24) is 5.32 Å². The molecule has 0 amide bonds. The van der Waals surface area contributed by atoms with Gasteiger partial charge in [0, 0.05) is 12.6 Å². The Hall–Kier alpha value is -1.34. The molecule has 1 aliphatic carbocycles. The van der Waals surface area contributed by atoms with Crippen LogP contribution in [0, 0.1) is 5.92 Å². The minimum atomic E-state index is 0.722. The highest BCUT2D eigenvalue weighted by molar-refractivity contribution is 5.82. The highest BCUT2D eigenvalue weighted by Crippen LogP contribution is 2.27. The summed E-state index contributed by atoms with van der Waals surface area (Å²) in [5.74, 6) is 0.879. The molecule has 0 radical (unpaired) electrons. The van der Waals surface area contributed by atoms with Crippen molar-refractivity contribution in [2.45, 2.75) is 51.6 Å². The summed E-state index contributed by atoms with van der Waals surface area (Å²) < 4.78 is 0. The van der Waals surface area contributed by atoms with Crippen LogP contribution in [0.3, 0.4) is 0 Å². The van der Waals surface area contributed by atoms with Crippen LogP contribution in [0.4, 0.5) is 0 Å². The third kappa shape index (κ3) is 3.04. The summed E-state index contributed by atoms with van der Waals surface area (Å²) in [5, 5.41) is 6.49. The Morgan fingerprint density at radius 1 is 1.00 bits per heavy atom. The fourth-order valence-corrected chi connectivity index (χ4v) is 3.56. The Labute approximate surface area is 122 Å². The lowest BCUT2D eigenvalue weighted by atomic mass is 9.83. The fourth-order valence-electron chi connectivity index (χ4n) is 3.56. The molecule has 0 heterocycles. The maximum Gasteiger partial charge on any atom is 0.0208 e. The molecule has 0 aliphatic heterocycles. The van der Waals surface area contributed by atoms with Gasteiger partial charge in [-0.1, -0.05) is 62.6 Å². The molecule has 0 spiro atoms. The molecule has 2 atom stereocenters. The van der Waals surface area contributed by atoms with E-state index in [1.165, 1.54) is 48.4 Å².